The second kappa shape index (κ2) is 10.4. The van der Waals surface area contributed by atoms with Crippen LogP contribution in [0, 0.1) is 0 Å². The van der Waals surface area contributed by atoms with Crippen molar-refractivity contribution in [3.8, 4) is 5.75 Å². The van der Waals surface area contributed by atoms with E-state index in [4.69, 9.17) is 62.7 Å². The minimum absolute atomic E-state index is 0.321. The molecule has 0 aliphatic carbocycles. The molecule has 3 aromatic carbocycles. The van der Waals surface area contributed by atoms with Crippen LogP contribution in [-0.4, -0.2) is 6.21 Å². The van der Waals surface area contributed by atoms with E-state index in [2.05, 4.69) is 10.5 Å². The number of rotatable bonds is 7. The lowest BCUT2D eigenvalue weighted by atomic mass is 10.2. The predicted molar refractivity (Wildman–Crippen MR) is 123 cm³/mol. The molecule has 0 unspecified atom stereocenters. The van der Waals surface area contributed by atoms with Crippen molar-refractivity contribution in [2.45, 2.75) is 13.2 Å². The first-order valence-corrected chi connectivity index (χ1v) is 10.4. The van der Waals surface area contributed by atoms with Crippen LogP contribution in [0.2, 0.25) is 25.1 Å². The van der Waals surface area contributed by atoms with Crippen LogP contribution in [0.15, 0.2) is 59.7 Å². The molecule has 1 N–H and O–H groups in total. The number of hydrogen-bond acceptors (Lipinski definition) is 3. The van der Waals surface area contributed by atoms with E-state index in [0.29, 0.717) is 44.0 Å². The fourth-order valence-corrected chi connectivity index (χ4v) is 3.52. The summed E-state index contributed by atoms with van der Waals surface area (Å²) in [5.41, 5.74) is 5.32. The molecule has 0 atom stereocenters. The number of ether oxygens (including phenoxy) is 1. The molecule has 3 rings (SSSR count). The first-order chi connectivity index (χ1) is 13.9. The Hall–Kier alpha value is -1.62. The van der Waals surface area contributed by atoms with Crippen LogP contribution in [-0.2, 0) is 13.2 Å². The van der Waals surface area contributed by atoms with E-state index in [-0.39, 0.29) is 0 Å². The fourth-order valence-electron chi connectivity index (χ4n) is 2.48. The lowest BCUT2D eigenvalue weighted by Crippen LogP contribution is -2.07. The molecular formula is C21H15Cl5N2O. The lowest BCUT2D eigenvalue weighted by molar-refractivity contribution is 0.306. The van der Waals surface area contributed by atoms with E-state index in [9.17, 15) is 0 Å². The first kappa shape index (κ1) is 22.1. The van der Waals surface area contributed by atoms with E-state index in [1.54, 1.807) is 54.7 Å². The second-order valence-corrected chi connectivity index (χ2v) is 8.08. The van der Waals surface area contributed by atoms with Gasteiger partial charge in [0.15, 0.2) is 0 Å². The second-order valence-electron chi connectivity index (χ2n) is 6.01. The number of benzene rings is 3. The number of hydrogen-bond donors (Lipinski definition) is 1. The summed E-state index contributed by atoms with van der Waals surface area (Å²) >= 11 is 30.4. The molecule has 3 aromatic rings. The highest BCUT2D eigenvalue weighted by Crippen LogP contribution is 2.26. The van der Waals surface area contributed by atoms with Crippen molar-refractivity contribution in [2.24, 2.45) is 5.10 Å². The summed E-state index contributed by atoms with van der Waals surface area (Å²) in [6.07, 6.45) is 1.63. The third-order valence-corrected chi connectivity index (χ3v) is 5.64. The smallest absolute Gasteiger partial charge is 0.128 e. The van der Waals surface area contributed by atoms with Crippen LogP contribution < -0.4 is 10.2 Å². The van der Waals surface area contributed by atoms with Gasteiger partial charge in [-0.1, -0.05) is 70.1 Å². The maximum atomic E-state index is 6.16. The normalized spacial score (nSPS) is 11.1. The third kappa shape index (κ3) is 6.18. The van der Waals surface area contributed by atoms with Gasteiger partial charge in [-0.15, -0.1) is 0 Å². The Kier molecular flexibility index (Phi) is 7.93. The number of nitrogens with one attached hydrogen (secondary N) is 1. The molecule has 0 aliphatic heterocycles. The summed E-state index contributed by atoms with van der Waals surface area (Å²) < 4.78 is 5.91. The van der Waals surface area contributed by atoms with Crippen molar-refractivity contribution in [1.29, 1.82) is 0 Å². The molecule has 0 aromatic heterocycles. The highest BCUT2D eigenvalue weighted by atomic mass is 35.5. The quantitative estimate of drug-likeness (QED) is 0.274. The number of hydrazone groups is 1. The van der Waals surface area contributed by atoms with Gasteiger partial charge in [0, 0.05) is 26.2 Å². The molecule has 0 saturated heterocycles. The Bertz CT molecular complexity index is 1020. The minimum Gasteiger partial charge on any atom is -0.488 e. The zero-order valence-electron chi connectivity index (χ0n) is 14.9. The van der Waals surface area contributed by atoms with Crippen LogP contribution in [0.4, 0.5) is 0 Å². The third-order valence-electron chi connectivity index (χ3n) is 3.96. The summed E-state index contributed by atoms with van der Waals surface area (Å²) in [6, 6.07) is 16.0. The Morgan fingerprint density at radius 2 is 1.59 bits per heavy atom. The molecule has 0 amide bonds. The Labute approximate surface area is 194 Å². The van der Waals surface area contributed by atoms with Crippen LogP contribution >= 0.6 is 58.0 Å². The zero-order valence-corrected chi connectivity index (χ0v) is 18.7. The molecule has 0 radical (unpaired) electrons. The van der Waals surface area contributed by atoms with Crippen molar-refractivity contribution in [1.82, 2.24) is 5.43 Å². The Morgan fingerprint density at radius 3 is 2.31 bits per heavy atom. The van der Waals surface area contributed by atoms with Gasteiger partial charge in [0.25, 0.3) is 0 Å². The van der Waals surface area contributed by atoms with E-state index in [0.717, 1.165) is 16.7 Å². The van der Waals surface area contributed by atoms with Crippen LogP contribution in [0.5, 0.6) is 5.75 Å². The topological polar surface area (TPSA) is 33.6 Å². The molecule has 8 heteroatoms. The van der Waals surface area contributed by atoms with Crippen molar-refractivity contribution in [2.75, 3.05) is 0 Å². The fraction of sp³-hybridized carbons (Fsp3) is 0.0952. The average Bonchev–Trinajstić information content (AvgIpc) is 2.69. The van der Waals surface area contributed by atoms with Crippen molar-refractivity contribution in [3.63, 3.8) is 0 Å². The molecule has 0 heterocycles. The summed E-state index contributed by atoms with van der Waals surface area (Å²) in [7, 11) is 0. The van der Waals surface area contributed by atoms with Crippen LogP contribution in [0.1, 0.15) is 16.7 Å². The lowest BCUT2D eigenvalue weighted by Gasteiger charge is -2.10. The molecule has 0 fully saturated rings. The molecule has 0 spiro atoms. The van der Waals surface area contributed by atoms with Crippen molar-refractivity contribution >= 4 is 64.2 Å². The average molecular weight is 489 g/mol. The predicted octanol–water partition coefficient (Wildman–Crippen LogP) is 7.66. The first-order valence-electron chi connectivity index (χ1n) is 8.49. The van der Waals surface area contributed by atoms with Gasteiger partial charge in [-0.3, -0.25) is 0 Å². The summed E-state index contributed by atoms with van der Waals surface area (Å²) in [5.74, 6) is 0.627. The SMILES string of the molecule is Clc1ccc(OCc2ccc(Cl)c(Cl)c2)c(/C=N\NCc2c(Cl)cccc2Cl)c1. The molecular weight excluding hydrogens is 474 g/mol. The Balaban J connectivity index is 1.68. The van der Waals surface area contributed by atoms with Gasteiger partial charge in [-0.2, -0.15) is 5.10 Å². The highest BCUT2D eigenvalue weighted by molar-refractivity contribution is 6.42. The van der Waals surface area contributed by atoms with Gasteiger partial charge in [0.1, 0.15) is 12.4 Å². The largest absolute Gasteiger partial charge is 0.488 e. The maximum Gasteiger partial charge on any atom is 0.128 e. The van der Waals surface area contributed by atoms with Gasteiger partial charge in [-0.05, 0) is 48.0 Å². The van der Waals surface area contributed by atoms with E-state index >= 15 is 0 Å². The minimum atomic E-state index is 0.321. The molecule has 3 nitrogen and oxygen atoms in total. The highest BCUT2D eigenvalue weighted by Gasteiger charge is 2.06. The van der Waals surface area contributed by atoms with Gasteiger partial charge in [-0.25, -0.2) is 0 Å². The van der Waals surface area contributed by atoms with Crippen LogP contribution in [0.25, 0.3) is 0 Å². The van der Waals surface area contributed by atoms with E-state index in [1.165, 1.54) is 0 Å². The Morgan fingerprint density at radius 1 is 0.828 bits per heavy atom. The molecule has 0 bridgehead atoms. The zero-order chi connectivity index (χ0) is 20.8. The summed E-state index contributed by atoms with van der Waals surface area (Å²) in [5, 5.41) is 6.94. The van der Waals surface area contributed by atoms with Crippen molar-refractivity contribution in [3.05, 3.63) is 96.4 Å². The standard InChI is InChI=1S/C21H15Cl5N2O/c22-15-5-7-21(29-12-13-4-6-19(25)20(26)8-13)14(9-15)10-27-28-11-16-17(23)2-1-3-18(16)24/h1-10,28H,11-12H2/b27-10-. The van der Waals surface area contributed by atoms with Gasteiger partial charge in [0.05, 0.1) is 22.8 Å². The van der Waals surface area contributed by atoms with Gasteiger partial charge < -0.3 is 10.2 Å². The monoisotopic (exact) mass is 486 g/mol. The van der Waals surface area contributed by atoms with Crippen molar-refractivity contribution < 1.29 is 4.74 Å². The van der Waals surface area contributed by atoms with E-state index < -0.39 is 0 Å². The molecule has 29 heavy (non-hydrogen) atoms. The molecule has 0 aliphatic rings. The molecule has 150 valence electrons. The van der Waals surface area contributed by atoms with Gasteiger partial charge in [0.2, 0.25) is 0 Å². The number of halogens is 5. The summed E-state index contributed by atoms with van der Waals surface area (Å²) in [6.45, 7) is 0.705. The van der Waals surface area contributed by atoms with Crippen LogP contribution in [0.3, 0.4) is 0 Å². The van der Waals surface area contributed by atoms with E-state index in [1.807, 2.05) is 6.07 Å². The number of nitrogens with zero attached hydrogens (tertiary/aromatic N) is 1. The van der Waals surface area contributed by atoms with Gasteiger partial charge >= 0.3 is 0 Å². The summed E-state index contributed by atoms with van der Waals surface area (Å²) in [4.78, 5) is 0. The molecule has 0 saturated carbocycles. The maximum absolute atomic E-state index is 6.16.